The Morgan fingerprint density at radius 1 is 1.00 bits per heavy atom. The lowest BCUT2D eigenvalue weighted by Crippen LogP contribution is -2.71. The topological polar surface area (TPSA) is 117 Å². The number of carboxylic acid groups (broad SMARTS) is 1. The molecule has 4 saturated carbocycles. The Labute approximate surface area is 291 Å². The molecular weight excluding hydrogens is 600 g/mol. The van der Waals surface area contributed by atoms with E-state index in [0.717, 1.165) is 103 Å². The summed E-state index contributed by atoms with van der Waals surface area (Å²) in [5.41, 5.74) is 14.8. The van der Waals surface area contributed by atoms with Crippen LogP contribution in [0.5, 0.6) is 0 Å². The predicted molar refractivity (Wildman–Crippen MR) is 191 cm³/mol. The predicted octanol–water partition coefficient (Wildman–Crippen LogP) is 7.81. The minimum atomic E-state index is -0.629. The maximum Gasteiger partial charge on any atom is 0.307 e. The lowest BCUT2D eigenvalue weighted by atomic mass is 9.36. The van der Waals surface area contributed by atoms with E-state index < -0.39 is 11.9 Å². The van der Waals surface area contributed by atoms with Gasteiger partial charge in [0.2, 0.25) is 0 Å². The number of aliphatic carboxylic acids is 1. The number of hydrogen-bond donors (Lipinski definition) is 3. The number of rotatable bonds is 14. The number of fused-ring (bicyclic) bond motifs is 5. The Bertz CT molecular complexity index is 1310. The third-order valence-corrected chi connectivity index (χ3v) is 16.1. The normalized spacial score (nSPS) is 46.0. The van der Waals surface area contributed by atoms with Crippen molar-refractivity contribution < 1.29 is 24.1 Å². The Kier molecular flexibility index (Phi) is 9.71. The van der Waals surface area contributed by atoms with E-state index in [1.165, 1.54) is 11.1 Å². The Balaban J connectivity index is 1.22. The number of unbranched alkanes of at least 4 members (excludes halogenated alkanes) is 3. The van der Waals surface area contributed by atoms with E-state index in [4.69, 9.17) is 25.7 Å². The Hall–Kier alpha value is -1.25. The molecule has 48 heavy (non-hydrogen) atoms. The molecule has 0 aromatic rings. The van der Waals surface area contributed by atoms with Crippen LogP contribution in [0.3, 0.4) is 0 Å². The van der Waals surface area contributed by atoms with Crippen LogP contribution in [-0.4, -0.2) is 61.8 Å². The molecule has 0 radical (unpaired) electrons. The van der Waals surface area contributed by atoms with Gasteiger partial charge in [0, 0.05) is 36.0 Å². The molecule has 12 atom stereocenters. The molecule has 2 heterocycles. The van der Waals surface area contributed by atoms with Gasteiger partial charge >= 0.3 is 5.97 Å². The van der Waals surface area contributed by atoms with Gasteiger partial charge < -0.3 is 30.8 Å². The highest BCUT2D eigenvalue weighted by Gasteiger charge is 2.88. The number of ether oxygens (including phenoxy) is 3. The number of carbonyl (C=O) groups is 1. The van der Waals surface area contributed by atoms with Gasteiger partial charge in [-0.3, -0.25) is 4.79 Å². The van der Waals surface area contributed by atoms with Crippen molar-refractivity contribution in [2.45, 2.75) is 156 Å². The molecule has 7 aliphatic rings. The summed E-state index contributed by atoms with van der Waals surface area (Å²) in [5.74, 6) is -0.187. The number of methoxy groups -OCH3 is 1. The van der Waals surface area contributed by atoms with E-state index in [2.05, 4.69) is 54.5 Å². The van der Waals surface area contributed by atoms with Gasteiger partial charge in [-0.25, -0.2) is 0 Å². The summed E-state index contributed by atoms with van der Waals surface area (Å²) in [7, 11) is 1.86. The number of hydrogen-bond acceptors (Lipinski definition) is 6. The van der Waals surface area contributed by atoms with Crippen LogP contribution >= 0.6 is 0 Å². The van der Waals surface area contributed by atoms with E-state index in [-0.39, 0.29) is 50.9 Å². The van der Waals surface area contributed by atoms with E-state index in [1.807, 2.05) is 7.11 Å². The molecule has 7 heteroatoms. The monoisotopic (exact) mass is 669 g/mol. The molecule has 0 aromatic heterocycles. The van der Waals surface area contributed by atoms with Crippen molar-refractivity contribution in [3.63, 3.8) is 0 Å². The van der Waals surface area contributed by atoms with Crippen LogP contribution < -0.4 is 11.5 Å². The van der Waals surface area contributed by atoms with Crippen LogP contribution in [0.2, 0.25) is 0 Å². The minimum Gasteiger partial charge on any atom is -0.481 e. The van der Waals surface area contributed by atoms with Crippen LogP contribution in [0, 0.1) is 44.8 Å². The van der Waals surface area contributed by atoms with Gasteiger partial charge in [-0.15, -0.1) is 0 Å². The summed E-state index contributed by atoms with van der Waals surface area (Å²) < 4.78 is 20.3. The zero-order chi connectivity index (χ0) is 34.9. The fourth-order valence-electron chi connectivity index (χ4n) is 13.1. The van der Waals surface area contributed by atoms with E-state index in [1.54, 1.807) is 5.57 Å². The SMILES string of the molecule is CO[C@H]1C(OCCCCCC(N)CCCCN)[C@@]2(C)COC13C[C@]31C3=CC[C@@]4(C)[C@H](C(=O)O)[C@@](C)(C(C)=C(C)C)CCC4(C)[C@H]3CCC21. The molecule has 5 unspecified atom stereocenters. The summed E-state index contributed by atoms with van der Waals surface area (Å²) in [4.78, 5) is 13.3. The molecule has 5 N–H and O–H groups in total. The highest BCUT2D eigenvalue weighted by molar-refractivity contribution is 5.74. The van der Waals surface area contributed by atoms with Crippen molar-refractivity contribution >= 4 is 5.97 Å². The first kappa shape index (κ1) is 36.5. The molecular formula is C41H68N2O5. The highest BCUT2D eigenvalue weighted by atomic mass is 16.6. The maximum absolute atomic E-state index is 13.3. The number of carboxylic acids is 1. The summed E-state index contributed by atoms with van der Waals surface area (Å²) in [5, 5.41) is 11.0. The fourth-order valence-corrected chi connectivity index (χ4v) is 13.1. The first-order valence-corrected chi connectivity index (χ1v) is 19.5. The van der Waals surface area contributed by atoms with Crippen LogP contribution in [0.15, 0.2) is 22.8 Å². The molecule has 2 spiro atoms. The molecule has 0 amide bonds. The molecule has 2 bridgehead atoms. The standard InChI is InChI=1S/C41H68N2O5/c1-26(2)27(3)36(4)20-21-38(6)29-16-17-31-37(5)25-48-41(24-40(31,41)30(29)18-19-39(38,7)32(36)35(44)45)34(46-8)33(37)47-23-13-9-10-14-28(43)15-11-12-22-42/h18,28-29,31-34H,9-17,19-25,42-43H2,1-8H3,(H,44,45)/t28?,29-,31?,32+,33?,34-,36+,37-,38?,39-,40+,41?/m0/s1. The van der Waals surface area contributed by atoms with Gasteiger partial charge in [-0.1, -0.05) is 69.8 Å². The van der Waals surface area contributed by atoms with Gasteiger partial charge in [0.15, 0.2) is 0 Å². The van der Waals surface area contributed by atoms with E-state index in [9.17, 15) is 9.90 Å². The summed E-state index contributed by atoms with van der Waals surface area (Å²) >= 11 is 0. The first-order chi connectivity index (χ1) is 22.6. The smallest absolute Gasteiger partial charge is 0.307 e. The second-order valence-corrected chi connectivity index (χ2v) is 18.4. The lowest BCUT2D eigenvalue weighted by Gasteiger charge is -2.69. The molecule has 2 aliphatic heterocycles. The third kappa shape index (κ3) is 4.93. The molecule has 7 rings (SSSR count). The second-order valence-electron chi connectivity index (χ2n) is 18.4. The van der Waals surface area contributed by atoms with Crippen LogP contribution in [0.1, 0.15) is 132 Å². The number of nitrogens with two attached hydrogens (primary N) is 2. The van der Waals surface area contributed by atoms with Crippen molar-refractivity contribution in [2.24, 2.45) is 56.3 Å². The zero-order valence-electron chi connectivity index (χ0n) is 31.6. The van der Waals surface area contributed by atoms with Crippen molar-refractivity contribution in [3.8, 4) is 0 Å². The van der Waals surface area contributed by atoms with Crippen LogP contribution in [0.25, 0.3) is 0 Å². The largest absolute Gasteiger partial charge is 0.481 e. The van der Waals surface area contributed by atoms with E-state index >= 15 is 0 Å². The molecule has 272 valence electrons. The van der Waals surface area contributed by atoms with Crippen molar-refractivity contribution in [1.82, 2.24) is 0 Å². The Morgan fingerprint density at radius 3 is 2.35 bits per heavy atom. The van der Waals surface area contributed by atoms with Gasteiger partial charge in [0.05, 0.1) is 18.6 Å². The van der Waals surface area contributed by atoms with E-state index in [0.29, 0.717) is 11.8 Å². The fraction of sp³-hybridized carbons (Fsp3) is 0.878. The highest BCUT2D eigenvalue weighted by Crippen LogP contribution is 2.85. The quantitative estimate of drug-likeness (QED) is 0.128. The van der Waals surface area contributed by atoms with Gasteiger partial charge in [-0.05, 0) is 114 Å². The first-order valence-electron chi connectivity index (χ1n) is 19.5. The molecule has 7 nitrogen and oxygen atoms in total. The zero-order valence-corrected chi connectivity index (χ0v) is 31.6. The summed E-state index contributed by atoms with van der Waals surface area (Å²) in [6.07, 6.45) is 16.2. The molecule has 5 aliphatic carbocycles. The molecule has 0 aromatic carbocycles. The van der Waals surface area contributed by atoms with Gasteiger partial charge in [0.1, 0.15) is 11.7 Å². The van der Waals surface area contributed by atoms with Crippen molar-refractivity contribution in [1.29, 1.82) is 0 Å². The average molecular weight is 669 g/mol. The second kappa shape index (κ2) is 12.8. The maximum atomic E-state index is 13.3. The number of allylic oxidation sites excluding steroid dienone is 3. The summed E-state index contributed by atoms with van der Waals surface area (Å²) in [6.45, 7) is 18.1. The van der Waals surface area contributed by atoms with Gasteiger partial charge in [-0.2, -0.15) is 0 Å². The van der Waals surface area contributed by atoms with Crippen LogP contribution in [0.4, 0.5) is 0 Å². The Morgan fingerprint density at radius 2 is 1.71 bits per heavy atom. The van der Waals surface area contributed by atoms with Crippen molar-refractivity contribution in [3.05, 3.63) is 22.8 Å². The summed E-state index contributed by atoms with van der Waals surface area (Å²) in [6, 6.07) is 0.279. The average Bonchev–Trinajstić information content (AvgIpc) is 3.71. The lowest BCUT2D eigenvalue weighted by molar-refractivity contribution is -0.301. The van der Waals surface area contributed by atoms with Crippen molar-refractivity contribution in [2.75, 3.05) is 26.9 Å². The molecule has 6 fully saturated rings. The third-order valence-electron chi connectivity index (χ3n) is 16.1. The minimum absolute atomic E-state index is 0.0239. The molecule has 2 saturated heterocycles. The van der Waals surface area contributed by atoms with Gasteiger partial charge in [0.25, 0.3) is 0 Å². The van der Waals surface area contributed by atoms with Crippen LogP contribution in [-0.2, 0) is 19.0 Å².